The Balaban J connectivity index is 1.92. The van der Waals surface area contributed by atoms with Crippen molar-refractivity contribution >= 4 is 17.4 Å². The zero-order valence-corrected chi connectivity index (χ0v) is 10.3. The fourth-order valence-corrected chi connectivity index (χ4v) is 2.00. The number of anilines is 1. The molecule has 2 aromatic rings. The highest BCUT2D eigenvalue weighted by Crippen LogP contribution is 2.17. The summed E-state index contributed by atoms with van der Waals surface area (Å²) in [7, 11) is 0. The number of nitrogen functional groups attached to an aromatic ring is 1. The van der Waals surface area contributed by atoms with Crippen LogP contribution in [0, 0.1) is 0 Å². The first-order chi connectivity index (χ1) is 8.25. The van der Waals surface area contributed by atoms with Gasteiger partial charge in [-0.2, -0.15) is 0 Å². The van der Waals surface area contributed by atoms with Gasteiger partial charge < -0.3 is 5.73 Å². The van der Waals surface area contributed by atoms with Gasteiger partial charge in [-0.15, -0.1) is 0 Å². The second-order valence-corrected chi connectivity index (χ2v) is 4.47. The van der Waals surface area contributed by atoms with E-state index < -0.39 is 0 Å². The van der Waals surface area contributed by atoms with Gasteiger partial charge in [-0.1, -0.05) is 41.9 Å². The highest BCUT2D eigenvalue weighted by atomic mass is 35.5. The Morgan fingerprint density at radius 1 is 1.12 bits per heavy atom. The van der Waals surface area contributed by atoms with Gasteiger partial charge in [-0.05, 0) is 36.5 Å². The lowest BCUT2D eigenvalue weighted by Crippen LogP contribution is -1.98. The Labute approximate surface area is 106 Å². The van der Waals surface area contributed by atoms with Crippen molar-refractivity contribution in [1.82, 2.24) is 4.98 Å². The number of halogens is 1. The molecule has 0 saturated heterocycles. The minimum Gasteiger partial charge on any atom is -0.383 e. The third-order valence-corrected chi connectivity index (χ3v) is 2.93. The number of hydrogen-bond acceptors (Lipinski definition) is 2. The predicted octanol–water partition coefficient (Wildman–Crippen LogP) is 3.49. The van der Waals surface area contributed by atoms with Crippen molar-refractivity contribution in [2.45, 2.75) is 19.3 Å². The fourth-order valence-electron chi connectivity index (χ4n) is 1.82. The average molecular weight is 247 g/mol. The lowest BCUT2D eigenvalue weighted by Gasteiger charge is -2.05. The van der Waals surface area contributed by atoms with E-state index >= 15 is 0 Å². The van der Waals surface area contributed by atoms with E-state index in [1.807, 2.05) is 12.1 Å². The van der Waals surface area contributed by atoms with Crippen LogP contribution in [0.15, 0.2) is 42.6 Å². The molecule has 0 amide bonds. The molecule has 0 unspecified atom stereocenters. The van der Waals surface area contributed by atoms with E-state index in [9.17, 15) is 0 Å². The van der Waals surface area contributed by atoms with Crippen molar-refractivity contribution in [3.63, 3.8) is 0 Å². The third kappa shape index (κ3) is 3.46. The van der Waals surface area contributed by atoms with E-state index in [2.05, 4.69) is 29.2 Å². The van der Waals surface area contributed by atoms with Crippen LogP contribution in [0.3, 0.4) is 0 Å². The number of hydrogen-bond donors (Lipinski definition) is 1. The van der Waals surface area contributed by atoms with Crippen LogP contribution in [0.2, 0.25) is 5.02 Å². The van der Waals surface area contributed by atoms with Gasteiger partial charge >= 0.3 is 0 Å². The van der Waals surface area contributed by atoms with E-state index in [1.54, 1.807) is 6.20 Å². The molecular formula is C14H15ClN2. The summed E-state index contributed by atoms with van der Waals surface area (Å²) in [6, 6.07) is 12.3. The molecule has 0 radical (unpaired) electrons. The van der Waals surface area contributed by atoms with Gasteiger partial charge in [-0.25, -0.2) is 4.98 Å². The van der Waals surface area contributed by atoms with E-state index in [-0.39, 0.29) is 0 Å². The zero-order valence-electron chi connectivity index (χ0n) is 9.57. The first-order valence-electron chi connectivity index (χ1n) is 5.69. The Morgan fingerprint density at radius 3 is 2.65 bits per heavy atom. The van der Waals surface area contributed by atoms with E-state index in [0.717, 1.165) is 24.8 Å². The fraction of sp³-hybridized carbons (Fsp3) is 0.214. The minimum absolute atomic E-state index is 0.586. The van der Waals surface area contributed by atoms with Crippen LogP contribution in [0.5, 0.6) is 0 Å². The quantitative estimate of drug-likeness (QED) is 0.897. The van der Waals surface area contributed by atoms with Gasteiger partial charge in [-0.3, -0.25) is 0 Å². The predicted molar refractivity (Wildman–Crippen MR) is 72.1 cm³/mol. The van der Waals surface area contributed by atoms with Gasteiger partial charge in [0.2, 0.25) is 0 Å². The van der Waals surface area contributed by atoms with Crippen molar-refractivity contribution in [3.05, 3.63) is 58.7 Å². The van der Waals surface area contributed by atoms with Gasteiger partial charge in [0.1, 0.15) is 5.82 Å². The molecule has 3 heteroatoms. The second kappa shape index (κ2) is 5.69. The first kappa shape index (κ1) is 11.9. The molecule has 0 aliphatic heterocycles. The van der Waals surface area contributed by atoms with Crippen molar-refractivity contribution in [2.75, 3.05) is 5.73 Å². The Hall–Kier alpha value is -1.54. The van der Waals surface area contributed by atoms with Gasteiger partial charge in [0.05, 0.1) is 5.02 Å². The molecule has 0 fully saturated rings. The Morgan fingerprint density at radius 2 is 1.88 bits per heavy atom. The van der Waals surface area contributed by atoms with Crippen LogP contribution in [0.25, 0.3) is 0 Å². The molecule has 2 nitrogen and oxygen atoms in total. The number of rotatable bonds is 4. The summed E-state index contributed by atoms with van der Waals surface area (Å²) < 4.78 is 0. The Bertz CT molecular complexity index is 483. The molecular weight excluding hydrogens is 232 g/mol. The number of aryl methyl sites for hydroxylation is 2. The Kier molecular flexibility index (Phi) is 3.99. The van der Waals surface area contributed by atoms with Crippen LogP contribution in [-0.2, 0) is 12.8 Å². The van der Waals surface area contributed by atoms with Crippen molar-refractivity contribution in [2.24, 2.45) is 0 Å². The minimum atomic E-state index is 0.586. The van der Waals surface area contributed by atoms with Gasteiger partial charge in [0.15, 0.2) is 0 Å². The topological polar surface area (TPSA) is 38.9 Å². The van der Waals surface area contributed by atoms with Crippen LogP contribution in [0.1, 0.15) is 17.5 Å². The summed E-state index contributed by atoms with van der Waals surface area (Å²) in [5.41, 5.74) is 8.18. The lowest BCUT2D eigenvalue weighted by atomic mass is 10.0. The van der Waals surface area contributed by atoms with Crippen molar-refractivity contribution in [3.8, 4) is 0 Å². The summed E-state index contributed by atoms with van der Waals surface area (Å²) in [6.07, 6.45) is 4.59. The molecule has 1 aromatic carbocycles. The largest absolute Gasteiger partial charge is 0.383 e. The number of pyridine rings is 1. The van der Waals surface area contributed by atoms with Crippen LogP contribution in [-0.4, -0.2) is 4.98 Å². The number of benzene rings is 1. The number of nitrogens with zero attached hydrogens (tertiary/aromatic N) is 1. The SMILES string of the molecule is Nc1ncc(Cl)cc1CCCc1ccccc1. The molecule has 2 rings (SSSR count). The zero-order chi connectivity index (χ0) is 12.1. The molecule has 88 valence electrons. The number of nitrogens with two attached hydrogens (primary N) is 1. The molecule has 0 spiro atoms. The standard InChI is InChI=1S/C14H15ClN2/c15-13-9-12(14(16)17-10-13)8-4-7-11-5-2-1-3-6-11/h1-3,5-6,9-10H,4,7-8H2,(H2,16,17). The van der Waals surface area contributed by atoms with Gasteiger partial charge in [0.25, 0.3) is 0 Å². The third-order valence-electron chi connectivity index (χ3n) is 2.72. The first-order valence-corrected chi connectivity index (χ1v) is 6.07. The van der Waals surface area contributed by atoms with Crippen molar-refractivity contribution in [1.29, 1.82) is 0 Å². The smallest absolute Gasteiger partial charge is 0.126 e. The average Bonchev–Trinajstić information content (AvgIpc) is 2.35. The normalized spacial score (nSPS) is 10.4. The molecule has 0 bridgehead atoms. The molecule has 1 aromatic heterocycles. The molecule has 0 aliphatic rings. The highest BCUT2D eigenvalue weighted by Gasteiger charge is 2.02. The second-order valence-electron chi connectivity index (χ2n) is 4.04. The maximum absolute atomic E-state index is 5.89. The summed E-state index contributed by atoms with van der Waals surface area (Å²) >= 11 is 5.89. The summed E-state index contributed by atoms with van der Waals surface area (Å²) in [5.74, 6) is 0.586. The summed E-state index contributed by atoms with van der Waals surface area (Å²) in [6.45, 7) is 0. The maximum Gasteiger partial charge on any atom is 0.126 e. The molecule has 1 heterocycles. The van der Waals surface area contributed by atoms with Crippen molar-refractivity contribution < 1.29 is 0 Å². The monoisotopic (exact) mass is 246 g/mol. The van der Waals surface area contributed by atoms with Crippen LogP contribution in [0.4, 0.5) is 5.82 Å². The van der Waals surface area contributed by atoms with E-state index in [0.29, 0.717) is 10.8 Å². The van der Waals surface area contributed by atoms with E-state index in [1.165, 1.54) is 5.56 Å². The molecule has 0 saturated carbocycles. The summed E-state index contributed by atoms with van der Waals surface area (Å²) in [5, 5.41) is 0.647. The van der Waals surface area contributed by atoms with Crippen LogP contribution >= 0.6 is 11.6 Å². The van der Waals surface area contributed by atoms with E-state index in [4.69, 9.17) is 17.3 Å². The molecule has 17 heavy (non-hydrogen) atoms. The molecule has 0 aliphatic carbocycles. The van der Waals surface area contributed by atoms with Crippen LogP contribution < -0.4 is 5.73 Å². The maximum atomic E-state index is 5.89. The highest BCUT2D eigenvalue weighted by molar-refractivity contribution is 6.30. The van der Waals surface area contributed by atoms with Gasteiger partial charge in [0, 0.05) is 6.20 Å². The number of aromatic nitrogens is 1. The summed E-state index contributed by atoms with van der Waals surface area (Å²) in [4.78, 5) is 4.05. The lowest BCUT2D eigenvalue weighted by molar-refractivity contribution is 0.819. The molecule has 0 atom stereocenters. The molecule has 2 N–H and O–H groups in total.